The molecule has 1 fully saturated rings. The van der Waals surface area contributed by atoms with Crippen LogP contribution in [0, 0.1) is 5.92 Å². The van der Waals surface area contributed by atoms with Gasteiger partial charge in [0.25, 0.3) is 0 Å². The Kier molecular flexibility index (Phi) is 5.28. The zero-order chi connectivity index (χ0) is 16.9. The lowest BCUT2D eigenvalue weighted by atomic mass is 9.96. The molecule has 0 spiro atoms. The van der Waals surface area contributed by atoms with Gasteiger partial charge >= 0.3 is 0 Å². The summed E-state index contributed by atoms with van der Waals surface area (Å²) in [5.74, 6) is 1.79. The first-order valence-corrected chi connectivity index (χ1v) is 9.42. The second kappa shape index (κ2) is 7.98. The van der Waals surface area contributed by atoms with Crippen molar-refractivity contribution in [2.45, 2.75) is 19.4 Å². The molecule has 1 unspecified atom stereocenters. The largest absolute Gasteiger partial charge is 0.493 e. The minimum atomic E-state index is 0.700. The third kappa shape index (κ3) is 4.39. The van der Waals surface area contributed by atoms with Crippen LogP contribution in [0.5, 0.6) is 5.75 Å². The van der Waals surface area contributed by atoms with Gasteiger partial charge in [0.1, 0.15) is 5.75 Å². The van der Waals surface area contributed by atoms with E-state index in [-0.39, 0.29) is 0 Å². The van der Waals surface area contributed by atoms with Crippen molar-refractivity contribution in [3.8, 4) is 5.75 Å². The molecule has 3 heterocycles. The van der Waals surface area contributed by atoms with Crippen molar-refractivity contribution in [3.05, 3.63) is 59.9 Å². The Morgan fingerprint density at radius 2 is 1.76 bits per heavy atom. The van der Waals surface area contributed by atoms with Gasteiger partial charge < -0.3 is 9.64 Å². The minimum Gasteiger partial charge on any atom is -0.493 e. The normalized spacial score (nSPS) is 22.0. The minimum absolute atomic E-state index is 0.700. The number of hydrogen-bond acceptors (Lipinski definition) is 4. The zero-order valence-electron chi connectivity index (χ0n) is 14.8. The van der Waals surface area contributed by atoms with E-state index in [1.807, 2.05) is 12.3 Å². The molecule has 2 aliphatic rings. The topological polar surface area (TPSA) is 28.6 Å². The summed E-state index contributed by atoms with van der Waals surface area (Å²) < 4.78 is 5.92. The molecule has 4 rings (SSSR count). The number of aromatic nitrogens is 1. The van der Waals surface area contributed by atoms with Crippen molar-refractivity contribution in [1.82, 2.24) is 14.8 Å². The highest BCUT2D eigenvalue weighted by Crippen LogP contribution is 2.27. The maximum absolute atomic E-state index is 5.92. The summed E-state index contributed by atoms with van der Waals surface area (Å²) in [6.07, 6.45) is 4.19. The molecule has 2 aliphatic heterocycles. The molecule has 0 bridgehead atoms. The van der Waals surface area contributed by atoms with Gasteiger partial charge in [-0.25, -0.2) is 0 Å². The van der Waals surface area contributed by atoms with Crippen LogP contribution in [-0.2, 0) is 13.0 Å². The first kappa shape index (κ1) is 16.6. The molecule has 1 aromatic heterocycles. The lowest BCUT2D eigenvalue weighted by Crippen LogP contribution is -2.47. The molecule has 0 saturated carbocycles. The van der Waals surface area contributed by atoms with Crippen LogP contribution in [0.4, 0.5) is 0 Å². The molecule has 132 valence electrons. The molecular weight excluding hydrogens is 310 g/mol. The standard InChI is InChI=1S/C21H27N3O/c1-2-7-21-19(5-1)15-18(8-14-25-21)16-23-10-12-24(13-11-23)17-20-6-3-4-9-22-20/h1-7,9,18H,8,10-17H2. The van der Waals surface area contributed by atoms with Crippen molar-refractivity contribution >= 4 is 0 Å². The van der Waals surface area contributed by atoms with Crippen LogP contribution in [0.15, 0.2) is 48.7 Å². The van der Waals surface area contributed by atoms with Crippen LogP contribution >= 0.6 is 0 Å². The second-order valence-electron chi connectivity index (χ2n) is 7.21. The quantitative estimate of drug-likeness (QED) is 0.858. The van der Waals surface area contributed by atoms with Gasteiger partial charge in [-0.1, -0.05) is 24.3 Å². The van der Waals surface area contributed by atoms with E-state index in [2.05, 4.69) is 51.2 Å². The molecule has 0 amide bonds. The molecular formula is C21H27N3O. The van der Waals surface area contributed by atoms with Gasteiger partial charge in [0.05, 0.1) is 12.3 Å². The first-order valence-electron chi connectivity index (χ1n) is 9.42. The average molecular weight is 337 g/mol. The van der Waals surface area contributed by atoms with E-state index >= 15 is 0 Å². The lowest BCUT2D eigenvalue weighted by Gasteiger charge is -2.36. The van der Waals surface area contributed by atoms with Gasteiger partial charge in [-0.15, -0.1) is 0 Å². The lowest BCUT2D eigenvalue weighted by molar-refractivity contribution is 0.109. The summed E-state index contributed by atoms with van der Waals surface area (Å²) in [6, 6.07) is 14.7. The monoisotopic (exact) mass is 337 g/mol. The first-order chi connectivity index (χ1) is 12.4. The highest BCUT2D eigenvalue weighted by Gasteiger charge is 2.23. The number of rotatable bonds is 4. The molecule has 1 atom stereocenters. The van der Waals surface area contributed by atoms with E-state index in [4.69, 9.17) is 4.74 Å². The van der Waals surface area contributed by atoms with E-state index in [1.54, 1.807) is 0 Å². The van der Waals surface area contributed by atoms with Crippen LogP contribution < -0.4 is 4.74 Å². The Bertz CT molecular complexity index is 668. The average Bonchev–Trinajstić information content (AvgIpc) is 2.86. The Balaban J connectivity index is 1.27. The van der Waals surface area contributed by atoms with Crippen LogP contribution in [0.25, 0.3) is 0 Å². The molecule has 2 aromatic rings. The van der Waals surface area contributed by atoms with E-state index in [0.717, 1.165) is 57.9 Å². The predicted octanol–water partition coefficient (Wildman–Crippen LogP) is 2.84. The second-order valence-corrected chi connectivity index (χ2v) is 7.21. The van der Waals surface area contributed by atoms with Crippen molar-refractivity contribution in [2.75, 3.05) is 39.3 Å². The molecule has 0 aliphatic carbocycles. The fraction of sp³-hybridized carbons (Fsp3) is 0.476. The smallest absolute Gasteiger partial charge is 0.122 e. The van der Waals surface area contributed by atoms with Crippen LogP contribution in [-0.4, -0.2) is 54.1 Å². The Morgan fingerprint density at radius 3 is 2.60 bits per heavy atom. The van der Waals surface area contributed by atoms with Gasteiger partial charge in [0.2, 0.25) is 0 Å². The molecule has 4 nitrogen and oxygen atoms in total. The number of ether oxygens (including phenoxy) is 1. The van der Waals surface area contributed by atoms with Gasteiger partial charge in [-0.05, 0) is 42.5 Å². The summed E-state index contributed by atoms with van der Waals surface area (Å²) >= 11 is 0. The summed E-state index contributed by atoms with van der Waals surface area (Å²) in [5.41, 5.74) is 2.55. The molecule has 0 N–H and O–H groups in total. The van der Waals surface area contributed by atoms with E-state index in [0.29, 0.717) is 5.92 Å². The number of nitrogens with zero attached hydrogens (tertiary/aromatic N) is 3. The number of pyridine rings is 1. The Labute approximate surface area is 150 Å². The zero-order valence-corrected chi connectivity index (χ0v) is 14.8. The van der Waals surface area contributed by atoms with Gasteiger partial charge in [0, 0.05) is 45.5 Å². The van der Waals surface area contributed by atoms with Gasteiger partial charge in [-0.3, -0.25) is 9.88 Å². The van der Waals surface area contributed by atoms with Crippen molar-refractivity contribution in [3.63, 3.8) is 0 Å². The van der Waals surface area contributed by atoms with Gasteiger partial charge in [-0.2, -0.15) is 0 Å². The molecule has 1 aromatic carbocycles. The highest BCUT2D eigenvalue weighted by molar-refractivity contribution is 5.34. The van der Waals surface area contributed by atoms with E-state index < -0.39 is 0 Å². The van der Waals surface area contributed by atoms with Crippen LogP contribution in [0.3, 0.4) is 0 Å². The van der Waals surface area contributed by atoms with Crippen molar-refractivity contribution in [1.29, 1.82) is 0 Å². The number of benzene rings is 1. The summed E-state index contributed by atoms with van der Waals surface area (Å²) in [6.45, 7) is 7.60. The van der Waals surface area contributed by atoms with E-state index in [9.17, 15) is 0 Å². The number of fused-ring (bicyclic) bond motifs is 1. The Morgan fingerprint density at radius 1 is 0.960 bits per heavy atom. The number of para-hydroxylation sites is 1. The Hall–Kier alpha value is -1.91. The highest BCUT2D eigenvalue weighted by atomic mass is 16.5. The SMILES string of the molecule is c1ccc(CN2CCN(CC3CCOc4ccccc4C3)CC2)nc1. The maximum atomic E-state index is 5.92. The summed E-state index contributed by atoms with van der Waals surface area (Å²) in [5, 5.41) is 0. The van der Waals surface area contributed by atoms with Crippen LogP contribution in [0.1, 0.15) is 17.7 Å². The third-order valence-electron chi connectivity index (χ3n) is 5.36. The summed E-state index contributed by atoms with van der Waals surface area (Å²) in [7, 11) is 0. The molecule has 25 heavy (non-hydrogen) atoms. The fourth-order valence-electron chi connectivity index (χ4n) is 3.93. The molecule has 4 heteroatoms. The van der Waals surface area contributed by atoms with Gasteiger partial charge in [0.15, 0.2) is 0 Å². The van der Waals surface area contributed by atoms with Crippen LogP contribution in [0.2, 0.25) is 0 Å². The number of piperazine rings is 1. The summed E-state index contributed by atoms with van der Waals surface area (Å²) in [4.78, 5) is 9.60. The molecule has 0 radical (unpaired) electrons. The third-order valence-corrected chi connectivity index (χ3v) is 5.36. The fourth-order valence-corrected chi connectivity index (χ4v) is 3.93. The molecule has 1 saturated heterocycles. The van der Waals surface area contributed by atoms with E-state index in [1.165, 1.54) is 17.8 Å². The number of hydrogen-bond donors (Lipinski definition) is 0. The maximum Gasteiger partial charge on any atom is 0.122 e. The van der Waals surface area contributed by atoms with Crippen molar-refractivity contribution in [2.24, 2.45) is 5.92 Å². The predicted molar refractivity (Wildman–Crippen MR) is 99.7 cm³/mol. The van der Waals surface area contributed by atoms with Crippen molar-refractivity contribution < 1.29 is 4.74 Å².